The molecule has 1 heterocycles. The maximum absolute atomic E-state index is 12.8. The minimum atomic E-state index is -1.13. The van der Waals surface area contributed by atoms with Gasteiger partial charge in [0.25, 0.3) is 5.91 Å². The number of likely N-dealkylation sites (N-methyl/N-ethyl adjacent to an activating group) is 1. The molecule has 0 aliphatic heterocycles. The average molecular weight is 417 g/mol. The van der Waals surface area contributed by atoms with Crippen molar-refractivity contribution in [3.63, 3.8) is 0 Å². The third-order valence-electron chi connectivity index (χ3n) is 5.38. The molecule has 1 fully saturated rings. The number of nitrogens with zero attached hydrogens (tertiary/aromatic N) is 2. The molecule has 7 nitrogen and oxygen atoms in total. The minimum absolute atomic E-state index is 0.190. The van der Waals surface area contributed by atoms with Gasteiger partial charge in [-0.2, -0.15) is 5.26 Å². The Labute approximate surface area is 172 Å². The molecule has 1 aromatic heterocycles. The van der Waals surface area contributed by atoms with Crippen LogP contribution >= 0.6 is 11.6 Å². The number of hydrogen-bond donors (Lipinski definition) is 0. The van der Waals surface area contributed by atoms with Crippen molar-refractivity contribution in [2.24, 2.45) is 0 Å². The van der Waals surface area contributed by atoms with Crippen molar-refractivity contribution in [1.82, 2.24) is 4.90 Å². The Morgan fingerprint density at radius 3 is 2.62 bits per heavy atom. The molecule has 0 saturated heterocycles. The quantitative estimate of drug-likeness (QED) is 0.704. The summed E-state index contributed by atoms with van der Waals surface area (Å²) in [6.07, 6.45) is 2.81. The van der Waals surface area contributed by atoms with E-state index in [1.54, 1.807) is 7.05 Å². The van der Waals surface area contributed by atoms with E-state index >= 15 is 0 Å². The van der Waals surface area contributed by atoms with Crippen LogP contribution in [0.3, 0.4) is 0 Å². The summed E-state index contributed by atoms with van der Waals surface area (Å²) in [6.45, 7) is 1.43. The molecule has 3 rings (SSSR count). The lowest BCUT2D eigenvalue weighted by Gasteiger charge is -2.39. The Morgan fingerprint density at radius 2 is 1.97 bits per heavy atom. The second-order valence-electron chi connectivity index (χ2n) is 7.26. The van der Waals surface area contributed by atoms with Gasteiger partial charge in [-0.05, 0) is 38.0 Å². The van der Waals surface area contributed by atoms with Crippen molar-refractivity contribution in [3.05, 3.63) is 45.3 Å². The lowest BCUT2D eigenvalue weighted by atomic mass is 9.81. The molecule has 0 radical (unpaired) electrons. The summed E-state index contributed by atoms with van der Waals surface area (Å²) in [5, 5.41) is 10.3. The monoisotopic (exact) mass is 416 g/mol. The molecule has 1 aromatic carbocycles. The first kappa shape index (κ1) is 20.9. The zero-order chi connectivity index (χ0) is 21.2. The number of amides is 1. The molecule has 0 unspecified atom stereocenters. The minimum Gasteiger partial charge on any atom is -0.449 e. The third-order valence-corrected chi connectivity index (χ3v) is 5.62. The van der Waals surface area contributed by atoms with Gasteiger partial charge in [0.1, 0.15) is 11.1 Å². The fourth-order valence-corrected chi connectivity index (χ4v) is 3.81. The van der Waals surface area contributed by atoms with E-state index in [9.17, 15) is 19.6 Å². The highest BCUT2D eigenvalue weighted by atomic mass is 35.5. The van der Waals surface area contributed by atoms with Crippen LogP contribution in [0.2, 0.25) is 5.02 Å². The number of benzene rings is 1. The van der Waals surface area contributed by atoms with Gasteiger partial charge in [-0.15, -0.1) is 0 Å². The zero-order valence-corrected chi connectivity index (χ0v) is 17.0. The number of halogens is 1. The molecule has 8 heteroatoms. The molecule has 0 spiro atoms. The lowest BCUT2D eigenvalue weighted by molar-refractivity contribution is -0.143. The molecule has 1 aliphatic carbocycles. The van der Waals surface area contributed by atoms with E-state index in [0.717, 1.165) is 25.3 Å². The van der Waals surface area contributed by atoms with Crippen LogP contribution in [0.25, 0.3) is 11.0 Å². The summed E-state index contributed by atoms with van der Waals surface area (Å²) in [5.74, 6) is -1.71. The lowest BCUT2D eigenvalue weighted by Crippen LogP contribution is -2.53. The fraction of sp³-hybridized carbons (Fsp3) is 0.429. The number of rotatable bonds is 4. The first-order valence-electron chi connectivity index (χ1n) is 9.41. The first-order chi connectivity index (χ1) is 13.8. The Balaban J connectivity index is 1.77. The number of hydrogen-bond acceptors (Lipinski definition) is 6. The van der Waals surface area contributed by atoms with Crippen LogP contribution in [-0.4, -0.2) is 35.5 Å². The van der Waals surface area contributed by atoms with E-state index in [-0.39, 0.29) is 16.7 Å². The van der Waals surface area contributed by atoms with Gasteiger partial charge in [-0.3, -0.25) is 9.59 Å². The average Bonchev–Trinajstić information content (AvgIpc) is 2.73. The summed E-state index contributed by atoms with van der Waals surface area (Å²) in [5.41, 5.74) is -1.14. The summed E-state index contributed by atoms with van der Waals surface area (Å²) in [4.78, 5) is 38.8. The number of ether oxygens (including phenoxy) is 1. The molecule has 152 valence electrons. The topological polar surface area (TPSA) is 101 Å². The molecule has 1 atom stereocenters. The predicted molar refractivity (Wildman–Crippen MR) is 107 cm³/mol. The van der Waals surface area contributed by atoms with E-state index in [0.29, 0.717) is 17.9 Å². The maximum atomic E-state index is 12.8. The van der Waals surface area contributed by atoms with Gasteiger partial charge in [0.15, 0.2) is 11.5 Å². The second-order valence-corrected chi connectivity index (χ2v) is 7.70. The summed E-state index contributed by atoms with van der Waals surface area (Å²) >= 11 is 5.88. The van der Waals surface area contributed by atoms with Gasteiger partial charge in [-0.25, -0.2) is 4.79 Å². The number of fused-ring (bicyclic) bond motifs is 1. The molecule has 0 bridgehead atoms. The number of carbonyl (C=O) groups excluding carboxylic acids is 2. The fourth-order valence-electron chi connectivity index (χ4n) is 3.64. The predicted octanol–water partition coefficient (Wildman–Crippen LogP) is 3.68. The highest BCUT2D eigenvalue weighted by molar-refractivity contribution is 6.31. The largest absolute Gasteiger partial charge is 0.449 e. The van der Waals surface area contributed by atoms with Crippen LogP contribution in [0.4, 0.5) is 0 Å². The molecule has 0 N–H and O–H groups in total. The Bertz CT molecular complexity index is 1050. The standard InChI is InChI=1S/C21H21ClN2O5/c1-13(19(26)24(2)21(12-23)8-4-3-5-9-21)28-20(27)18-11-16(25)15-10-14(22)6-7-17(15)29-18/h6-7,10-11,13H,3-5,8-9H2,1-2H3/t13-/m0/s1. The summed E-state index contributed by atoms with van der Waals surface area (Å²) < 4.78 is 10.7. The van der Waals surface area contributed by atoms with Crippen LogP contribution < -0.4 is 5.43 Å². The van der Waals surface area contributed by atoms with Crippen LogP contribution in [0.1, 0.15) is 49.6 Å². The van der Waals surface area contributed by atoms with Crippen LogP contribution in [0, 0.1) is 11.3 Å². The van der Waals surface area contributed by atoms with Crippen molar-refractivity contribution in [2.75, 3.05) is 7.05 Å². The number of esters is 1. The van der Waals surface area contributed by atoms with Crippen molar-refractivity contribution in [2.45, 2.75) is 50.7 Å². The van der Waals surface area contributed by atoms with E-state index in [2.05, 4.69) is 6.07 Å². The highest BCUT2D eigenvalue weighted by Gasteiger charge is 2.41. The molecule has 1 amide bonds. The van der Waals surface area contributed by atoms with Gasteiger partial charge < -0.3 is 14.1 Å². The summed E-state index contributed by atoms with van der Waals surface area (Å²) in [6, 6.07) is 7.75. The Hall–Kier alpha value is -2.85. The van der Waals surface area contributed by atoms with Gasteiger partial charge in [0.2, 0.25) is 5.76 Å². The molecule has 29 heavy (non-hydrogen) atoms. The molecular weight excluding hydrogens is 396 g/mol. The molecule has 1 saturated carbocycles. The van der Waals surface area contributed by atoms with Crippen LogP contribution in [0.15, 0.2) is 33.5 Å². The third kappa shape index (κ3) is 4.13. The van der Waals surface area contributed by atoms with Crippen molar-refractivity contribution < 1.29 is 18.7 Å². The van der Waals surface area contributed by atoms with Crippen LogP contribution in [0.5, 0.6) is 0 Å². The maximum Gasteiger partial charge on any atom is 0.375 e. The van der Waals surface area contributed by atoms with Gasteiger partial charge >= 0.3 is 5.97 Å². The van der Waals surface area contributed by atoms with Crippen molar-refractivity contribution in [1.29, 1.82) is 5.26 Å². The van der Waals surface area contributed by atoms with E-state index < -0.39 is 28.9 Å². The zero-order valence-electron chi connectivity index (χ0n) is 16.2. The molecular formula is C21H21ClN2O5. The van der Waals surface area contributed by atoms with Crippen LogP contribution in [-0.2, 0) is 9.53 Å². The molecule has 2 aromatic rings. The van der Waals surface area contributed by atoms with Gasteiger partial charge in [0.05, 0.1) is 11.5 Å². The van der Waals surface area contributed by atoms with Gasteiger partial charge in [-0.1, -0.05) is 30.9 Å². The number of nitriles is 1. The SMILES string of the molecule is C[C@H](OC(=O)c1cc(=O)c2cc(Cl)ccc2o1)C(=O)N(C)C1(C#N)CCCCC1. The van der Waals surface area contributed by atoms with E-state index in [4.69, 9.17) is 20.8 Å². The van der Waals surface area contributed by atoms with E-state index in [1.165, 1.54) is 30.0 Å². The molecule has 1 aliphatic rings. The van der Waals surface area contributed by atoms with Crippen molar-refractivity contribution >= 4 is 34.4 Å². The highest BCUT2D eigenvalue weighted by Crippen LogP contribution is 2.33. The van der Waals surface area contributed by atoms with E-state index in [1.807, 2.05) is 0 Å². The summed E-state index contributed by atoms with van der Waals surface area (Å²) in [7, 11) is 1.56. The Kier molecular flexibility index (Phi) is 5.94. The smallest absolute Gasteiger partial charge is 0.375 e. The van der Waals surface area contributed by atoms with Crippen molar-refractivity contribution in [3.8, 4) is 6.07 Å². The Morgan fingerprint density at radius 1 is 1.28 bits per heavy atom. The first-order valence-corrected chi connectivity index (χ1v) is 9.78. The normalized spacial score (nSPS) is 16.6. The second kappa shape index (κ2) is 8.26. The number of carbonyl (C=O) groups is 2. The van der Waals surface area contributed by atoms with Gasteiger partial charge in [0, 0.05) is 18.1 Å².